The van der Waals surface area contributed by atoms with Crippen LogP contribution in [-0.4, -0.2) is 18.4 Å². The molecule has 2 aromatic carbocycles. The molecule has 1 atom stereocenters. The molecule has 1 heterocycles. The topological polar surface area (TPSA) is 49.4 Å². The summed E-state index contributed by atoms with van der Waals surface area (Å²) < 4.78 is 26.5. The van der Waals surface area contributed by atoms with E-state index >= 15 is 0 Å². The van der Waals surface area contributed by atoms with Crippen LogP contribution in [0.3, 0.4) is 0 Å². The van der Waals surface area contributed by atoms with Gasteiger partial charge in [-0.25, -0.2) is 8.78 Å². The number of hydrogen-bond donors (Lipinski definition) is 1. The van der Waals surface area contributed by atoms with E-state index in [-0.39, 0.29) is 18.3 Å². The van der Waals surface area contributed by atoms with Crippen LogP contribution in [0, 0.1) is 17.6 Å². The number of nitrogens with one attached hydrogen (secondary N) is 1. The molecule has 0 spiro atoms. The number of anilines is 1. The first-order valence-corrected chi connectivity index (χ1v) is 7.64. The van der Waals surface area contributed by atoms with Crippen molar-refractivity contribution in [1.29, 1.82) is 0 Å². The molecule has 1 aliphatic rings. The first-order chi connectivity index (χ1) is 11.6. The van der Waals surface area contributed by atoms with Crippen LogP contribution in [0.25, 0.3) is 0 Å². The van der Waals surface area contributed by atoms with Crippen molar-refractivity contribution in [3.8, 4) is 0 Å². The lowest BCUT2D eigenvalue weighted by Gasteiger charge is -2.16. The molecule has 0 aliphatic carbocycles. The third-order valence-electron chi connectivity index (χ3n) is 4.07. The van der Waals surface area contributed by atoms with Crippen molar-refractivity contribution in [2.24, 2.45) is 5.92 Å². The summed E-state index contributed by atoms with van der Waals surface area (Å²) in [6.45, 7) is 0.425. The highest BCUT2D eigenvalue weighted by Crippen LogP contribution is 2.25. The van der Waals surface area contributed by atoms with E-state index in [1.54, 1.807) is 18.2 Å². The molecule has 0 saturated carbocycles. The minimum atomic E-state index is -0.804. The maximum absolute atomic E-state index is 13.6. The quantitative estimate of drug-likeness (QED) is 0.876. The fourth-order valence-electron chi connectivity index (χ4n) is 2.75. The number of hydrogen-bond acceptors (Lipinski definition) is 2. The van der Waals surface area contributed by atoms with Gasteiger partial charge in [-0.05, 0) is 36.8 Å². The number of nitrogens with zero attached hydrogens (tertiary/aromatic N) is 1. The number of rotatable bonds is 4. The zero-order valence-electron chi connectivity index (χ0n) is 12.8. The van der Waals surface area contributed by atoms with Crippen LogP contribution < -0.4 is 10.2 Å². The smallest absolute Gasteiger partial charge is 0.239 e. The Bertz CT molecular complexity index is 762. The van der Waals surface area contributed by atoms with Crippen LogP contribution in [0.1, 0.15) is 12.0 Å². The highest BCUT2D eigenvalue weighted by Gasteiger charge is 2.37. The highest BCUT2D eigenvalue weighted by molar-refractivity contribution is 6.09. The van der Waals surface area contributed by atoms with Gasteiger partial charge in [0.2, 0.25) is 11.8 Å². The molecule has 124 valence electrons. The van der Waals surface area contributed by atoms with Gasteiger partial charge >= 0.3 is 0 Å². The fraction of sp³-hybridized carbons (Fsp3) is 0.222. The number of carbonyl (C=O) groups excluding carboxylic acids is 2. The SMILES string of the molecule is O=C(NCc1ccccc1F)C1CCN(c2ccc(F)cc2)C1=O. The third-order valence-corrected chi connectivity index (χ3v) is 4.07. The van der Waals surface area contributed by atoms with Crippen molar-refractivity contribution in [2.45, 2.75) is 13.0 Å². The van der Waals surface area contributed by atoms with Gasteiger partial charge in [-0.15, -0.1) is 0 Å². The molecule has 6 heteroatoms. The molecule has 1 fully saturated rings. The van der Waals surface area contributed by atoms with Crippen molar-refractivity contribution in [3.63, 3.8) is 0 Å². The summed E-state index contributed by atoms with van der Waals surface area (Å²) in [4.78, 5) is 26.1. The van der Waals surface area contributed by atoms with Gasteiger partial charge < -0.3 is 10.2 Å². The minimum absolute atomic E-state index is 0.0336. The zero-order chi connectivity index (χ0) is 17.1. The molecule has 0 bridgehead atoms. The molecule has 2 amide bonds. The standard InChI is InChI=1S/C18H16F2N2O2/c19-13-5-7-14(8-6-13)22-10-9-15(18(22)24)17(23)21-11-12-3-1-2-4-16(12)20/h1-8,15H,9-11H2,(H,21,23). The van der Waals surface area contributed by atoms with Gasteiger partial charge in [-0.1, -0.05) is 18.2 Å². The summed E-state index contributed by atoms with van der Waals surface area (Å²) in [7, 11) is 0. The minimum Gasteiger partial charge on any atom is -0.351 e. The molecular weight excluding hydrogens is 314 g/mol. The second kappa shape index (κ2) is 6.78. The molecule has 1 aliphatic heterocycles. The molecule has 1 N–H and O–H groups in total. The third kappa shape index (κ3) is 3.27. The number of amides is 2. The van der Waals surface area contributed by atoms with E-state index in [0.29, 0.717) is 24.2 Å². The van der Waals surface area contributed by atoms with Crippen LogP contribution in [0.4, 0.5) is 14.5 Å². The first-order valence-electron chi connectivity index (χ1n) is 7.64. The van der Waals surface area contributed by atoms with Crippen LogP contribution in [-0.2, 0) is 16.1 Å². The van der Waals surface area contributed by atoms with Crippen LogP contribution in [0.5, 0.6) is 0 Å². The van der Waals surface area contributed by atoms with E-state index in [9.17, 15) is 18.4 Å². The lowest BCUT2D eigenvalue weighted by atomic mass is 10.1. The summed E-state index contributed by atoms with van der Waals surface area (Å²) in [6.07, 6.45) is 0.374. The van der Waals surface area contributed by atoms with Gasteiger partial charge in [0, 0.05) is 24.3 Å². The number of halogens is 2. The predicted molar refractivity (Wildman–Crippen MR) is 85.1 cm³/mol. The highest BCUT2D eigenvalue weighted by atomic mass is 19.1. The lowest BCUT2D eigenvalue weighted by Crippen LogP contribution is -2.36. The summed E-state index contributed by atoms with van der Waals surface area (Å²) in [5.41, 5.74) is 0.928. The molecule has 1 unspecified atom stereocenters. The summed E-state index contributed by atoms with van der Waals surface area (Å²) >= 11 is 0. The maximum atomic E-state index is 13.6. The Morgan fingerprint density at radius 2 is 1.83 bits per heavy atom. The van der Waals surface area contributed by atoms with Gasteiger partial charge in [-0.2, -0.15) is 0 Å². The van der Waals surface area contributed by atoms with Gasteiger partial charge in [0.15, 0.2) is 0 Å². The lowest BCUT2D eigenvalue weighted by molar-refractivity contribution is -0.132. The molecule has 4 nitrogen and oxygen atoms in total. The average molecular weight is 330 g/mol. The second-order valence-electron chi connectivity index (χ2n) is 5.62. The maximum Gasteiger partial charge on any atom is 0.239 e. The number of benzene rings is 2. The van der Waals surface area contributed by atoms with E-state index in [0.717, 1.165) is 0 Å². The van der Waals surface area contributed by atoms with Crippen molar-refractivity contribution < 1.29 is 18.4 Å². The molecule has 3 rings (SSSR count). The Morgan fingerprint density at radius 1 is 1.12 bits per heavy atom. The molecule has 24 heavy (non-hydrogen) atoms. The Hall–Kier alpha value is -2.76. The van der Waals surface area contributed by atoms with Gasteiger partial charge in [0.25, 0.3) is 0 Å². The molecular formula is C18H16F2N2O2. The van der Waals surface area contributed by atoms with E-state index < -0.39 is 17.6 Å². The average Bonchev–Trinajstić information content (AvgIpc) is 2.96. The van der Waals surface area contributed by atoms with Crippen molar-refractivity contribution in [1.82, 2.24) is 5.32 Å². The summed E-state index contributed by atoms with van der Waals surface area (Å²) in [5, 5.41) is 2.61. The summed E-state index contributed by atoms with van der Waals surface area (Å²) in [5.74, 6) is -2.34. The summed E-state index contributed by atoms with van der Waals surface area (Å²) in [6, 6.07) is 11.7. The van der Waals surface area contributed by atoms with Gasteiger partial charge in [0.05, 0.1) is 0 Å². The Morgan fingerprint density at radius 3 is 2.54 bits per heavy atom. The second-order valence-corrected chi connectivity index (χ2v) is 5.62. The van der Waals surface area contributed by atoms with E-state index in [1.165, 1.54) is 35.2 Å². The number of carbonyl (C=O) groups is 2. The van der Waals surface area contributed by atoms with Crippen LogP contribution >= 0.6 is 0 Å². The first kappa shape index (κ1) is 16.1. The normalized spacial score (nSPS) is 17.2. The zero-order valence-corrected chi connectivity index (χ0v) is 12.8. The van der Waals surface area contributed by atoms with E-state index in [1.807, 2.05) is 0 Å². The molecule has 1 saturated heterocycles. The fourth-order valence-corrected chi connectivity index (χ4v) is 2.75. The Kier molecular flexibility index (Phi) is 4.55. The van der Waals surface area contributed by atoms with Gasteiger partial charge in [-0.3, -0.25) is 9.59 Å². The van der Waals surface area contributed by atoms with Crippen molar-refractivity contribution >= 4 is 17.5 Å². The van der Waals surface area contributed by atoms with E-state index in [2.05, 4.69) is 5.32 Å². The predicted octanol–water partition coefficient (Wildman–Crippen LogP) is 2.63. The molecule has 2 aromatic rings. The Labute approximate surface area is 138 Å². The van der Waals surface area contributed by atoms with Crippen LogP contribution in [0.15, 0.2) is 48.5 Å². The molecule has 0 radical (unpaired) electrons. The largest absolute Gasteiger partial charge is 0.351 e. The molecule has 0 aromatic heterocycles. The monoisotopic (exact) mass is 330 g/mol. The van der Waals surface area contributed by atoms with Crippen LogP contribution in [0.2, 0.25) is 0 Å². The van der Waals surface area contributed by atoms with Gasteiger partial charge in [0.1, 0.15) is 17.6 Å². The van der Waals surface area contributed by atoms with E-state index in [4.69, 9.17) is 0 Å². The van der Waals surface area contributed by atoms with Crippen molar-refractivity contribution in [3.05, 3.63) is 65.7 Å². The van der Waals surface area contributed by atoms with Crippen molar-refractivity contribution in [2.75, 3.05) is 11.4 Å². The Balaban J connectivity index is 1.63.